The monoisotopic (exact) mass is 144 g/mol. The molecule has 1 N–H and O–H groups in total. The van der Waals surface area contributed by atoms with Crippen molar-refractivity contribution >= 4 is 5.97 Å². The first-order valence-corrected chi connectivity index (χ1v) is 3.08. The van der Waals surface area contributed by atoms with Gasteiger partial charge in [0.15, 0.2) is 6.10 Å². The third-order valence-electron chi connectivity index (χ3n) is 1.10. The molecule has 0 saturated heterocycles. The molecule has 0 fully saturated rings. The van der Waals surface area contributed by atoms with Crippen molar-refractivity contribution in [3.63, 3.8) is 0 Å². The highest BCUT2D eigenvalue weighted by Crippen LogP contribution is 1.97. The van der Waals surface area contributed by atoms with E-state index in [0.717, 1.165) is 0 Å². The van der Waals surface area contributed by atoms with Gasteiger partial charge in [0.2, 0.25) is 0 Å². The van der Waals surface area contributed by atoms with E-state index in [1.807, 2.05) is 0 Å². The van der Waals surface area contributed by atoms with Crippen LogP contribution in [0.3, 0.4) is 0 Å². The van der Waals surface area contributed by atoms with Gasteiger partial charge >= 0.3 is 5.97 Å². The standard InChI is InChI=1S/C7H12O3/c1-4-5(2)10-6(3)7(8)9/h4-6H,1H2,2-3H3,(H,8,9). The van der Waals surface area contributed by atoms with Gasteiger partial charge in [-0.05, 0) is 13.8 Å². The highest BCUT2D eigenvalue weighted by Gasteiger charge is 2.12. The molecule has 10 heavy (non-hydrogen) atoms. The fraction of sp³-hybridized carbons (Fsp3) is 0.571. The van der Waals surface area contributed by atoms with E-state index in [1.165, 1.54) is 6.92 Å². The van der Waals surface area contributed by atoms with Crippen LogP contribution in [0.25, 0.3) is 0 Å². The van der Waals surface area contributed by atoms with E-state index in [0.29, 0.717) is 0 Å². The number of aliphatic carboxylic acids is 1. The van der Waals surface area contributed by atoms with Crippen LogP contribution in [0.4, 0.5) is 0 Å². The first-order valence-electron chi connectivity index (χ1n) is 3.08. The summed E-state index contributed by atoms with van der Waals surface area (Å²) in [7, 11) is 0. The molecule has 0 aliphatic carbocycles. The third kappa shape index (κ3) is 3.25. The Kier molecular flexibility index (Phi) is 3.72. The van der Waals surface area contributed by atoms with Crippen LogP contribution in [0.1, 0.15) is 13.8 Å². The first-order chi connectivity index (χ1) is 4.57. The Morgan fingerprint density at radius 2 is 2.20 bits per heavy atom. The smallest absolute Gasteiger partial charge is 0.332 e. The summed E-state index contributed by atoms with van der Waals surface area (Å²) in [6.45, 7) is 6.69. The Morgan fingerprint density at radius 3 is 2.50 bits per heavy atom. The molecule has 0 radical (unpaired) electrons. The van der Waals surface area contributed by atoms with Gasteiger partial charge in [0.05, 0.1) is 6.10 Å². The Morgan fingerprint density at radius 1 is 1.70 bits per heavy atom. The average Bonchev–Trinajstić information content (AvgIpc) is 1.87. The van der Waals surface area contributed by atoms with Gasteiger partial charge in [0.25, 0.3) is 0 Å². The second-order valence-electron chi connectivity index (χ2n) is 2.06. The minimum atomic E-state index is -0.950. The van der Waals surface area contributed by atoms with Gasteiger partial charge in [0.1, 0.15) is 0 Å². The van der Waals surface area contributed by atoms with Crippen molar-refractivity contribution in [2.75, 3.05) is 0 Å². The van der Waals surface area contributed by atoms with Crippen LogP contribution in [0, 0.1) is 0 Å². The predicted octanol–water partition coefficient (Wildman–Crippen LogP) is 1.05. The predicted molar refractivity (Wildman–Crippen MR) is 37.8 cm³/mol. The molecule has 58 valence electrons. The second kappa shape index (κ2) is 4.06. The van der Waals surface area contributed by atoms with Crippen molar-refractivity contribution in [1.82, 2.24) is 0 Å². The molecule has 0 amide bonds. The summed E-state index contributed by atoms with van der Waals surface area (Å²) in [6, 6.07) is 0. The number of carbonyl (C=O) groups is 1. The van der Waals surface area contributed by atoms with Gasteiger partial charge in [-0.15, -0.1) is 6.58 Å². The molecule has 2 unspecified atom stereocenters. The normalized spacial score (nSPS) is 15.8. The molecule has 0 aliphatic heterocycles. The quantitative estimate of drug-likeness (QED) is 0.600. The molecule has 3 heteroatoms. The molecule has 0 aromatic heterocycles. The van der Waals surface area contributed by atoms with Crippen LogP contribution >= 0.6 is 0 Å². The summed E-state index contributed by atoms with van der Waals surface area (Å²) in [5, 5.41) is 8.37. The summed E-state index contributed by atoms with van der Waals surface area (Å²) in [5.74, 6) is -0.950. The molecular weight excluding hydrogens is 132 g/mol. The maximum Gasteiger partial charge on any atom is 0.332 e. The van der Waals surface area contributed by atoms with Crippen LogP contribution in [-0.4, -0.2) is 23.3 Å². The Bertz CT molecular complexity index is 131. The molecule has 3 nitrogen and oxygen atoms in total. The largest absolute Gasteiger partial charge is 0.479 e. The fourth-order valence-corrected chi connectivity index (χ4v) is 0.436. The van der Waals surface area contributed by atoms with Crippen molar-refractivity contribution in [3.8, 4) is 0 Å². The molecule has 0 aliphatic rings. The van der Waals surface area contributed by atoms with E-state index in [1.54, 1.807) is 13.0 Å². The summed E-state index contributed by atoms with van der Waals surface area (Å²) in [4.78, 5) is 10.2. The van der Waals surface area contributed by atoms with E-state index >= 15 is 0 Å². The summed E-state index contributed by atoms with van der Waals surface area (Å²) < 4.78 is 4.94. The highest BCUT2D eigenvalue weighted by atomic mass is 16.5. The topological polar surface area (TPSA) is 46.5 Å². The van der Waals surface area contributed by atoms with E-state index in [9.17, 15) is 4.79 Å². The zero-order chi connectivity index (χ0) is 8.15. The zero-order valence-electron chi connectivity index (χ0n) is 6.20. The number of hydrogen-bond acceptors (Lipinski definition) is 2. The lowest BCUT2D eigenvalue weighted by Crippen LogP contribution is -2.23. The minimum Gasteiger partial charge on any atom is -0.479 e. The second-order valence-corrected chi connectivity index (χ2v) is 2.06. The molecule has 0 bridgehead atoms. The third-order valence-corrected chi connectivity index (χ3v) is 1.10. The van der Waals surface area contributed by atoms with E-state index < -0.39 is 12.1 Å². The van der Waals surface area contributed by atoms with Crippen molar-refractivity contribution in [3.05, 3.63) is 12.7 Å². The van der Waals surface area contributed by atoms with Crippen LogP contribution < -0.4 is 0 Å². The molecule has 0 rings (SSSR count). The average molecular weight is 144 g/mol. The SMILES string of the molecule is C=CC(C)OC(C)C(=O)O. The van der Waals surface area contributed by atoms with Gasteiger partial charge in [-0.1, -0.05) is 6.08 Å². The molecule has 0 aromatic carbocycles. The van der Waals surface area contributed by atoms with E-state index in [-0.39, 0.29) is 6.10 Å². The van der Waals surface area contributed by atoms with Crippen molar-refractivity contribution in [2.24, 2.45) is 0 Å². The zero-order valence-corrected chi connectivity index (χ0v) is 6.20. The van der Waals surface area contributed by atoms with Crippen molar-refractivity contribution in [1.29, 1.82) is 0 Å². The van der Waals surface area contributed by atoms with Crippen LogP contribution in [0.15, 0.2) is 12.7 Å². The number of carboxylic acids is 1. The highest BCUT2D eigenvalue weighted by molar-refractivity contribution is 5.71. The number of rotatable bonds is 4. The van der Waals surface area contributed by atoms with Gasteiger partial charge in [-0.2, -0.15) is 0 Å². The minimum absolute atomic E-state index is 0.203. The molecule has 0 spiro atoms. The van der Waals surface area contributed by atoms with Gasteiger partial charge in [0, 0.05) is 0 Å². The summed E-state index contributed by atoms with van der Waals surface area (Å²) in [5.41, 5.74) is 0. The number of carboxylic acid groups (broad SMARTS) is 1. The number of ether oxygens (including phenoxy) is 1. The van der Waals surface area contributed by atoms with Crippen LogP contribution in [-0.2, 0) is 9.53 Å². The lowest BCUT2D eigenvalue weighted by Gasteiger charge is -2.11. The van der Waals surface area contributed by atoms with E-state index in [4.69, 9.17) is 9.84 Å². The lowest BCUT2D eigenvalue weighted by atomic mass is 10.3. The lowest BCUT2D eigenvalue weighted by molar-refractivity contribution is -0.150. The summed E-state index contributed by atoms with van der Waals surface area (Å²) in [6.07, 6.45) is 0.596. The Hall–Kier alpha value is -0.830. The fourth-order valence-electron chi connectivity index (χ4n) is 0.436. The Labute approximate surface area is 60.3 Å². The maximum absolute atomic E-state index is 10.2. The maximum atomic E-state index is 10.2. The summed E-state index contributed by atoms with van der Waals surface area (Å²) >= 11 is 0. The molecule has 0 aromatic rings. The van der Waals surface area contributed by atoms with Gasteiger partial charge < -0.3 is 9.84 Å². The van der Waals surface area contributed by atoms with Crippen LogP contribution in [0.5, 0.6) is 0 Å². The first kappa shape index (κ1) is 9.17. The van der Waals surface area contributed by atoms with Crippen molar-refractivity contribution in [2.45, 2.75) is 26.1 Å². The van der Waals surface area contributed by atoms with Gasteiger partial charge in [-0.25, -0.2) is 4.79 Å². The van der Waals surface area contributed by atoms with E-state index in [2.05, 4.69) is 6.58 Å². The Balaban J connectivity index is 3.67. The van der Waals surface area contributed by atoms with Gasteiger partial charge in [-0.3, -0.25) is 0 Å². The molecule has 0 saturated carbocycles. The molecular formula is C7H12O3. The molecule has 0 heterocycles. The number of hydrogen-bond donors (Lipinski definition) is 1. The molecule has 2 atom stereocenters. The van der Waals surface area contributed by atoms with Crippen molar-refractivity contribution < 1.29 is 14.6 Å². The van der Waals surface area contributed by atoms with Crippen LogP contribution in [0.2, 0.25) is 0 Å².